The molecule has 0 bridgehead atoms. The second-order valence-electron chi connectivity index (χ2n) is 2.59. The first-order valence-electron chi connectivity index (χ1n) is 3.65. The molecule has 0 unspecified atom stereocenters. The SMILES string of the molecule is C/C(C#N)=C\C(F)=C(\C)N(C)C=O. The Morgan fingerprint density at radius 2 is 2.08 bits per heavy atom. The van der Waals surface area contributed by atoms with Gasteiger partial charge in [0.25, 0.3) is 0 Å². The zero-order chi connectivity index (χ0) is 10.4. The van der Waals surface area contributed by atoms with Crippen LogP contribution in [0.4, 0.5) is 4.39 Å². The van der Waals surface area contributed by atoms with Gasteiger partial charge in [0.05, 0.1) is 11.8 Å². The average Bonchev–Trinajstić information content (AvgIpc) is 2.14. The van der Waals surface area contributed by atoms with Crippen molar-refractivity contribution in [2.45, 2.75) is 13.8 Å². The summed E-state index contributed by atoms with van der Waals surface area (Å²) in [7, 11) is 1.44. The van der Waals surface area contributed by atoms with Crippen molar-refractivity contribution < 1.29 is 9.18 Å². The summed E-state index contributed by atoms with van der Waals surface area (Å²) in [5.74, 6) is -0.575. The standard InChI is InChI=1S/C9H11FN2O/c1-7(5-11)4-9(10)8(2)12(3)6-13/h4,6H,1-3H3/b7-4+,9-8+. The van der Waals surface area contributed by atoms with E-state index < -0.39 is 5.83 Å². The molecule has 0 N–H and O–H groups in total. The normalized spacial score (nSPS) is 13.0. The molecule has 13 heavy (non-hydrogen) atoms. The number of hydrogen-bond donors (Lipinski definition) is 0. The Labute approximate surface area is 76.8 Å². The number of halogens is 1. The fraction of sp³-hybridized carbons (Fsp3) is 0.333. The van der Waals surface area contributed by atoms with Crippen molar-refractivity contribution in [3.8, 4) is 6.07 Å². The molecule has 0 heterocycles. The Hall–Kier alpha value is -1.63. The largest absolute Gasteiger partial charge is 0.319 e. The van der Waals surface area contributed by atoms with E-state index in [1.165, 1.54) is 20.9 Å². The predicted octanol–water partition coefficient (Wildman–Crippen LogP) is 1.75. The van der Waals surface area contributed by atoms with Crippen LogP contribution in [0.5, 0.6) is 0 Å². The molecule has 0 saturated carbocycles. The van der Waals surface area contributed by atoms with Gasteiger partial charge in [0, 0.05) is 12.6 Å². The molecule has 0 aromatic rings. The topological polar surface area (TPSA) is 44.1 Å². The highest BCUT2D eigenvalue weighted by Gasteiger charge is 2.03. The number of nitrogens with zero attached hydrogens (tertiary/aromatic N) is 2. The summed E-state index contributed by atoms with van der Waals surface area (Å²) in [5.41, 5.74) is 0.445. The van der Waals surface area contributed by atoms with Crippen molar-refractivity contribution in [3.63, 3.8) is 0 Å². The van der Waals surface area contributed by atoms with Crippen LogP contribution in [0.15, 0.2) is 23.2 Å². The Balaban J connectivity index is 4.84. The third kappa shape index (κ3) is 3.52. The maximum atomic E-state index is 13.1. The molecule has 0 saturated heterocycles. The van der Waals surface area contributed by atoms with Gasteiger partial charge in [0.1, 0.15) is 5.83 Å². The fourth-order valence-corrected chi connectivity index (χ4v) is 0.574. The maximum Gasteiger partial charge on any atom is 0.213 e. The summed E-state index contributed by atoms with van der Waals surface area (Å²) >= 11 is 0. The number of amides is 1. The zero-order valence-electron chi connectivity index (χ0n) is 7.84. The van der Waals surface area contributed by atoms with Crippen LogP contribution in [-0.4, -0.2) is 18.4 Å². The van der Waals surface area contributed by atoms with Gasteiger partial charge in [0.2, 0.25) is 6.41 Å². The van der Waals surface area contributed by atoms with E-state index in [9.17, 15) is 9.18 Å². The molecule has 0 rings (SSSR count). The molecular weight excluding hydrogens is 171 g/mol. The number of nitriles is 1. The lowest BCUT2D eigenvalue weighted by Gasteiger charge is -2.10. The minimum Gasteiger partial charge on any atom is -0.319 e. The Kier molecular flexibility index (Phi) is 4.45. The summed E-state index contributed by atoms with van der Waals surface area (Å²) in [6.45, 7) is 2.96. The highest BCUT2D eigenvalue weighted by molar-refractivity contribution is 5.51. The van der Waals surface area contributed by atoms with E-state index in [1.807, 2.05) is 0 Å². The van der Waals surface area contributed by atoms with Crippen molar-refractivity contribution in [2.75, 3.05) is 7.05 Å². The first kappa shape index (κ1) is 11.4. The van der Waals surface area contributed by atoms with Gasteiger partial charge < -0.3 is 4.90 Å². The van der Waals surface area contributed by atoms with Gasteiger partial charge in [-0.05, 0) is 19.9 Å². The molecule has 70 valence electrons. The van der Waals surface area contributed by atoms with Crippen LogP contribution < -0.4 is 0 Å². The number of carbonyl (C=O) groups is 1. The van der Waals surface area contributed by atoms with Gasteiger partial charge in [-0.2, -0.15) is 5.26 Å². The second kappa shape index (κ2) is 5.09. The van der Waals surface area contributed by atoms with E-state index in [2.05, 4.69) is 0 Å². The zero-order valence-corrected chi connectivity index (χ0v) is 7.84. The van der Waals surface area contributed by atoms with Crippen molar-refractivity contribution in [1.82, 2.24) is 4.90 Å². The van der Waals surface area contributed by atoms with Crippen LogP contribution in [0.3, 0.4) is 0 Å². The molecular formula is C9H11FN2O. The Morgan fingerprint density at radius 1 is 1.54 bits per heavy atom. The Bertz CT molecular complexity index is 299. The van der Waals surface area contributed by atoms with E-state index in [-0.39, 0.29) is 11.3 Å². The molecule has 0 aliphatic carbocycles. The number of allylic oxidation sites excluding steroid dienone is 4. The molecule has 1 amide bonds. The quantitative estimate of drug-likeness (QED) is 0.379. The Morgan fingerprint density at radius 3 is 2.46 bits per heavy atom. The maximum absolute atomic E-state index is 13.1. The van der Waals surface area contributed by atoms with Crippen LogP contribution in [0.2, 0.25) is 0 Å². The molecule has 0 aromatic heterocycles. The molecule has 0 spiro atoms. The average molecular weight is 182 g/mol. The highest BCUT2D eigenvalue weighted by atomic mass is 19.1. The summed E-state index contributed by atoms with van der Waals surface area (Å²) < 4.78 is 13.1. The van der Waals surface area contributed by atoms with Crippen LogP contribution in [0, 0.1) is 11.3 Å². The van der Waals surface area contributed by atoms with Gasteiger partial charge in [0.15, 0.2) is 0 Å². The second-order valence-corrected chi connectivity index (χ2v) is 2.59. The van der Waals surface area contributed by atoms with E-state index >= 15 is 0 Å². The molecule has 3 nitrogen and oxygen atoms in total. The van der Waals surface area contributed by atoms with Crippen LogP contribution >= 0.6 is 0 Å². The van der Waals surface area contributed by atoms with Gasteiger partial charge in [-0.1, -0.05) is 0 Å². The summed E-state index contributed by atoms with van der Waals surface area (Å²) in [6, 6.07) is 1.79. The molecule has 0 aliphatic heterocycles. The molecule has 0 radical (unpaired) electrons. The first-order chi connectivity index (χ1) is 6.02. The van der Waals surface area contributed by atoms with E-state index in [1.54, 1.807) is 6.07 Å². The van der Waals surface area contributed by atoms with Gasteiger partial charge >= 0.3 is 0 Å². The lowest BCUT2D eigenvalue weighted by atomic mass is 10.2. The number of hydrogen-bond acceptors (Lipinski definition) is 2. The summed E-state index contributed by atoms with van der Waals surface area (Å²) in [5, 5.41) is 8.37. The van der Waals surface area contributed by atoms with Crippen molar-refractivity contribution in [3.05, 3.63) is 23.2 Å². The minimum atomic E-state index is -0.575. The molecule has 0 aromatic carbocycles. The van der Waals surface area contributed by atoms with Gasteiger partial charge in [-0.25, -0.2) is 4.39 Å². The highest BCUT2D eigenvalue weighted by Crippen LogP contribution is 2.11. The third-order valence-electron chi connectivity index (χ3n) is 1.55. The van der Waals surface area contributed by atoms with Crippen molar-refractivity contribution in [1.29, 1.82) is 5.26 Å². The summed E-state index contributed by atoms with van der Waals surface area (Å²) in [4.78, 5) is 11.4. The summed E-state index contributed by atoms with van der Waals surface area (Å²) in [6.07, 6.45) is 1.60. The smallest absolute Gasteiger partial charge is 0.213 e. The van der Waals surface area contributed by atoms with Crippen molar-refractivity contribution >= 4 is 6.41 Å². The van der Waals surface area contributed by atoms with E-state index in [4.69, 9.17) is 5.26 Å². The van der Waals surface area contributed by atoms with Crippen LogP contribution in [0.25, 0.3) is 0 Å². The van der Waals surface area contributed by atoms with Crippen LogP contribution in [-0.2, 0) is 4.79 Å². The van der Waals surface area contributed by atoms with Crippen molar-refractivity contribution in [2.24, 2.45) is 0 Å². The number of carbonyl (C=O) groups excluding carboxylic acids is 1. The molecule has 0 atom stereocenters. The molecule has 0 aliphatic rings. The minimum absolute atomic E-state index is 0.185. The lowest BCUT2D eigenvalue weighted by Crippen LogP contribution is -2.13. The van der Waals surface area contributed by atoms with Gasteiger partial charge in [-0.3, -0.25) is 4.79 Å². The molecule has 4 heteroatoms. The predicted molar refractivity (Wildman–Crippen MR) is 47.0 cm³/mol. The lowest BCUT2D eigenvalue weighted by molar-refractivity contribution is -0.115. The first-order valence-corrected chi connectivity index (χ1v) is 3.65. The van der Waals surface area contributed by atoms with E-state index in [0.29, 0.717) is 6.41 Å². The van der Waals surface area contributed by atoms with Crippen LogP contribution in [0.1, 0.15) is 13.8 Å². The fourth-order valence-electron chi connectivity index (χ4n) is 0.574. The van der Waals surface area contributed by atoms with Gasteiger partial charge in [-0.15, -0.1) is 0 Å². The third-order valence-corrected chi connectivity index (χ3v) is 1.55. The molecule has 0 fully saturated rings. The van der Waals surface area contributed by atoms with E-state index in [0.717, 1.165) is 11.0 Å². The monoisotopic (exact) mass is 182 g/mol. The number of rotatable bonds is 3.